The van der Waals surface area contributed by atoms with Crippen molar-refractivity contribution < 1.29 is 4.42 Å². The molecule has 0 N–H and O–H groups in total. The summed E-state index contributed by atoms with van der Waals surface area (Å²) in [6.45, 7) is 0. The SMILES string of the molecule is c1ccc(-c2nc(-c3cccc4sc5ccccc5c34)nc(-c3cccc4oc5ccc6c7ccccc7n(-c7ccccc7)c6c5c34)n2)cc1. The Hall–Kier alpha value is -6.63. The smallest absolute Gasteiger partial charge is 0.164 e. The quantitative estimate of drug-likeness (QED) is 0.187. The monoisotopic (exact) mass is 670 g/mol. The van der Waals surface area contributed by atoms with Crippen molar-refractivity contribution in [1.29, 1.82) is 0 Å². The molecule has 0 spiro atoms. The van der Waals surface area contributed by atoms with E-state index in [4.69, 9.17) is 19.4 Å². The zero-order chi connectivity index (χ0) is 33.5. The van der Waals surface area contributed by atoms with E-state index in [9.17, 15) is 0 Å². The number of nitrogens with zero attached hydrogens (tertiary/aromatic N) is 4. The second-order valence-corrected chi connectivity index (χ2v) is 13.8. The fourth-order valence-corrected chi connectivity index (χ4v) is 8.82. The van der Waals surface area contributed by atoms with E-state index in [1.54, 1.807) is 11.3 Å². The number of furan rings is 1. The minimum absolute atomic E-state index is 0.600. The fraction of sp³-hybridized carbons (Fsp3) is 0. The van der Waals surface area contributed by atoms with Crippen molar-refractivity contribution >= 4 is 75.3 Å². The predicted molar refractivity (Wildman–Crippen MR) is 211 cm³/mol. The Balaban J connectivity index is 1.26. The van der Waals surface area contributed by atoms with E-state index in [1.165, 1.54) is 20.2 Å². The second kappa shape index (κ2) is 10.9. The molecular weight excluding hydrogens is 645 g/mol. The summed E-state index contributed by atoms with van der Waals surface area (Å²) in [4.78, 5) is 15.7. The van der Waals surface area contributed by atoms with E-state index in [2.05, 4.69) is 132 Å². The topological polar surface area (TPSA) is 56.7 Å². The molecule has 0 radical (unpaired) electrons. The third kappa shape index (κ3) is 4.24. The first-order valence-corrected chi connectivity index (χ1v) is 17.8. The van der Waals surface area contributed by atoms with Crippen LogP contribution in [-0.2, 0) is 0 Å². The van der Waals surface area contributed by atoms with Crippen LogP contribution in [-0.4, -0.2) is 19.5 Å². The minimum Gasteiger partial charge on any atom is -0.456 e. The average Bonchev–Trinajstić information content (AvgIpc) is 3.88. The molecule has 4 heterocycles. The molecule has 0 atom stereocenters. The van der Waals surface area contributed by atoms with Gasteiger partial charge in [-0.15, -0.1) is 11.3 Å². The number of benzene rings is 7. The fourth-order valence-electron chi connectivity index (χ4n) is 7.68. The summed E-state index contributed by atoms with van der Waals surface area (Å²) in [7, 11) is 0. The van der Waals surface area contributed by atoms with E-state index < -0.39 is 0 Å². The highest BCUT2D eigenvalue weighted by atomic mass is 32.1. The van der Waals surface area contributed by atoms with Crippen LogP contribution < -0.4 is 0 Å². The van der Waals surface area contributed by atoms with E-state index in [-0.39, 0.29) is 0 Å². The first kappa shape index (κ1) is 28.2. The zero-order valence-electron chi connectivity index (χ0n) is 27.1. The van der Waals surface area contributed by atoms with Gasteiger partial charge in [-0.1, -0.05) is 109 Å². The van der Waals surface area contributed by atoms with Gasteiger partial charge >= 0.3 is 0 Å². The van der Waals surface area contributed by atoms with Gasteiger partial charge in [0.25, 0.3) is 0 Å². The van der Waals surface area contributed by atoms with Crippen LogP contribution in [0.25, 0.3) is 104 Å². The standard InChI is InChI=1S/C45H26N4OS/c1-3-13-27(14-4-1)43-46-44(32-20-12-24-38-39(32)31-18-8-10-23-37(31)51-38)48-45(47-43)33-19-11-22-35-40(33)41-36(50-35)26-25-30-29-17-7-9-21-34(29)49(42(30)41)28-15-5-2-6-16-28/h1-26H. The molecule has 0 aliphatic heterocycles. The van der Waals surface area contributed by atoms with Crippen LogP contribution in [0.4, 0.5) is 0 Å². The van der Waals surface area contributed by atoms with Gasteiger partial charge in [0.2, 0.25) is 0 Å². The Morgan fingerprint density at radius 3 is 1.88 bits per heavy atom. The van der Waals surface area contributed by atoms with Crippen LogP contribution in [0.2, 0.25) is 0 Å². The van der Waals surface area contributed by atoms with Crippen LogP contribution in [0.1, 0.15) is 0 Å². The van der Waals surface area contributed by atoms with Crippen molar-refractivity contribution in [2.45, 2.75) is 0 Å². The predicted octanol–water partition coefficient (Wildman–Crippen LogP) is 12.2. The summed E-state index contributed by atoms with van der Waals surface area (Å²) < 4.78 is 11.5. The lowest BCUT2D eigenvalue weighted by Gasteiger charge is -2.11. The molecule has 7 aromatic carbocycles. The summed E-state index contributed by atoms with van der Waals surface area (Å²) in [5.41, 5.74) is 7.74. The van der Waals surface area contributed by atoms with Crippen LogP contribution in [0.5, 0.6) is 0 Å². The van der Waals surface area contributed by atoms with Gasteiger partial charge in [0.15, 0.2) is 17.5 Å². The van der Waals surface area contributed by atoms with Crippen LogP contribution in [0.3, 0.4) is 0 Å². The third-order valence-corrected chi connectivity index (χ3v) is 11.0. The van der Waals surface area contributed by atoms with Crippen LogP contribution in [0.15, 0.2) is 162 Å². The number of rotatable bonds is 4. The molecule has 51 heavy (non-hydrogen) atoms. The Bertz CT molecular complexity index is 3140. The minimum atomic E-state index is 0.600. The number of thiophene rings is 1. The average molecular weight is 671 g/mol. The molecule has 4 aromatic heterocycles. The lowest BCUT2D eigenvalue weighted by atomic mass is 10.0. The second-order valence-electron chi connectivity index (χ2n) is 12.8. The molecule has 11 aromatic rings. The maximum absolute atomic E-state index is 6.65. The molecule has 0 saturated carbocycles. The van der Waals surface area contributed by atoms with Crippen molar-refractivity contribution in [2.24, 2.45) is 0 Å². The molecule has 0 bridgehead atoms. The summed E-state index contributed by atoms with van der Waals surface area (Å²) in [6, 6.07) is 54.7. The van der Waals surface area contributed by atoms with Gasteiger partial charge < -0.3 is 8.98 Å². The maximum Gasteiger partial charge on any atom is 0.164 e. The van der Waals surface area contributed by atoms with Gasteiger partial charge in [-0.2, -0.15) is 0 Å². The van der Waals surface area contributed by atoms with E-state index in [1.807, 2.05) is 30.3 Å². The van der Waals surface area contributed by atoms with Gasteiger partial charge in [-0.05, 0) is 48.5 Å². The van der Waals surface area contributed by atoms with Gasteiger partial charge in [0.1, 0.15) is 11.2 Å². The van der Waals surface area contributed by atoms with Gasteiger partial charge in [-0.25, -0.2) is 15.0 Å². The highest BCUT2D eigenvalue weighted by Crippen LogP contribution is 2.44. The molecule has 0 fully saturated rings. The zero-order valence-corrected chi connectivity index (χ0v) is 27.9. The summed E-state index contributed by atoms with van der Waals surface area (Å²) in [5, 5.41) is 6.73. The van der Waals surface area contributed by atoms with Crippen LogP contribution in [0, 0.1) is 0 Å². The molecule has 238 valence electrons. The first-order valence-electron chi connectivity index (χ1n) is 17.0. The molecule has 0 aliphatic rings. The van der Waals surface area contributed by atoms with Crippen LogP contribution >= 0.6 is 11.3 Å². The highest BCUT2D eigenvalue weighted by molar-refractivity contribution is 7.25. The van der Waals surface area contributed by atoms with Gasteiger partial charge in [0.05, 0.1) is 16.4 Å². The normalized spacial score (nSPS) is 11.9. The van der Waals surface area contributed by atoms with E-state index >= 15 is 0 Å². The molecule has 0 unspecified atom stereocenters. The van der Waals surface area contributed by atoms with Crippen molar-refractivity contribution in [2.75, 3.05) is 0 Å². The summed E-state index contributed by atoms with van der Waals surface area (Å²) >= 11 is 1.79. The van der Waals surface area contributed by atoms with Gasteiger partial charge in [0, 0.05) is 58.7 Å². The molecular formula is C45H26N4OS. The molecule has 5 nitrogen and oxygen atoms in total. The summed E-state index contributed by atoms with van der Waals surface area (Å²) in [6.07, 6.45) is 0. The molecule has 11 rings (SSSR count). The van der Waals surface area contributed by atoms with Crippen molar-refractivity contribution in [3.63, 3.8) is 0 Å². The molecule has 0 saturated heterocycles. The Morgan fingerprint density at radius 1 is 0.431 bits per heavy atom. The number of fused-ring (bicyclic) bond motifs is 10. The Labute approximate surface area is 295 Å². The molecule has 6 heteroatoms. The van der Waals surface area contributed by atoms with E-state index in [0.717, 1.165) is 66.1 Å². The van der Waals surface area contributed by atoms with Crippen molar-refractivity contribution in [3.05, 3.63) is 158 Å². The lowest BCUT2D eigenvalue weighted by molar-refractivity contribution is 0.669. The number of hydrogen-bond acceptors (Lipinski definition) is 5. The number of para-hydroxylation sites is 2. The largest absolute Gasteiger partial charge is 0.456 e. The van der Waals surface area contributed by atoms with Gasteiger partial charge in [-0.3, -0.25) is 0 Å². The first-order chi connectivity index (χ1) is 25.3. The summed E-state index contributed by atoms with van der Waals surface area (Å²) in [5.74, 6) is 1.87. The van der Waals surface area contributed by atoms with Crippen molar-refractivity contribution in [1.82, 2.24) is 19.5 Å². The number of hydrogen-bond donors (Lipinski definition) is 0. The lowest BCUT2D eigenvalue weighted by Crippen LogP contribution is -2.00. The third-order valence-electron chi connectivity index (χ3n) is 9.86. The van der Waals surface area contributed by atoms with E-state index in [0.29, 0.717) is 17.5 Å². The molecule has 0 aliphatic carbocycles. The maximum atomic E-state index is 6.65. The Kier molecular flexibility index (Phi) is 6.05. The highest BCUT2D eigenvalue weighted by Gasteiger charge is 2.23. The number of aromatic nitrogens is 4. The molecule has 0 amide bonds. The van der Waals surface area contributed by atoms with Crippen molar-refractivity contribution in [3.8, 4) is 39.9 Å². The Morgan fingerprint density at radius 2 is 1.06 bits per heavy atom.